The molecule has 0 unspecified atom stereocenters. The van der Waals surface area contributed by atoms with Gasteiger partial charge in [-0.1, -0.05) is 0 Å². The average molecular weight is 441 g/mol. The third-order valence-electron chi connectivity index (χ3n) is 3.87. The molecule has 0 saturated carbocycles. The predicted octanol–water partition coefficient (Wildman–Crippen LogP) is 1.98. The third-order valence-corrected chi connectivity index (χ3v) is 5.71. The summed E-state index contributed by atoms with van der Waals surface area (Å²) in [4.78, 5) is 23.9. The minimum atomic E-state index is -3.84. The third kappa shape index (κ3) is 5.51. The highest BCUT2D eigenvalue weighted by molar-refractivity contribution is 7.89. The molecule has 0 bridgehead atoms. The first-order valence-electron chi connectivity index (χ1n) is 8.78. The van der Waals surface area contributed by atoms with Crippen molar-refractivity contribution >= 4 is 27.5 Å². The quantitative estimate of drug-likeness (QED) is 0.652. The second kappa shape index (κ2) is 9.63. The van der Waals surface area contributed by atoms with E-state index < -0.39 is 45.6 Å². The van der Waals surface area contributed by atoms with Crippen molar-refractivity contribution in [2.45, 2.75) is 11.8 Å². The maximum Gasteiger partial charge on any atom is 0.254 e. The standard InChI is InChI=1S/C19H21F2N3O5S/c1-4-29-16-8-6-13(10-17(16)30(27,28)24(2)3)23-18(25)11-22-19(26)14-7-5-12(20)9-15(14)21/h5-10H,4,11H2,1-3H3,(H,22,26)(H,23,25). The molecule has 0 radical (unpaired) electrons. The Morgan fingerprint density at radius 2 is 1.80 bits per heavy atom. The molecule has 0 spiro atoms. The van der Waals surface area contributed by atoms with Crippen molar-refractivity contribution in [1.82, 2.24) is 9.62 Å². The SMILES string of the molecule is CCOc1ccc(NC(=O)CNC(=O)c2ccc(F)cc2F)cc1S(=O)(=O)N(C)C. The molecule has 162 valence electrons. The van der Waals surface area contributed by atoms with Crippen LogP contribution in [0.15, 0.2) is 41.3 Å². The Hall–Kier alpha value is -3.05. The highest BCUT2D eigenvalue weighted by Gasteiger charge is 2.23. The lowest BCUT2D eigenvalue weighted by atomic mass is 10.2. The normalized spacial score (nSPS) is 11.3. The van der Waals surface area contributed by atoms with Gasteiger partial charge in [0.15, 0.2) is 0 Å². The van der Waals surface area contributed by atoms with Crippen molar-refractivity contribution in [2.24, 2.45) is 0 Å². The molecule has 0 aliphatic rings. The van der Waals surface area contributed by atoms with Crippen LogP contribution in [0.1, 0.15) is 17.3 Å². The number of nitrogens with one attached hydrogen (secondary N) is 2. The average Bonchev–Trinajstić information content (AvgIpc) is 2.67. The lowest BCUT2D eigenvalue weighted by molar-refractivity contribution is -0.115. The predicted molar refractivity (Wildman–Crippen MR) is 106 cm³/mol. The number of ether oxygens (including phenoxy) is 1. The Kier molecular flexibility index (Phi) is 7.46. The van der Waals surface area contributed by atoms with Crippen molar-refractivity contribution in [2.75, 3.05) is 32.6 Å². The zero-order chi connectivity index (χ0) is 22.5. The van der Waals surface area contributed by atoms with Gasteiger partial charge in [-0.15, -0.1) is 0 Å². The van der Waals surface area contributed by atoms with Crippen LogP contribution in [0.5, 0.6) is 5.75 Å². The maximum absolute atomic E-state index is 13.6. The number of halogens is 2. The van der Waals surface area contributed by atoms with Gasteiger partial charge in [0.2, 0.25) is 15.9 Å². The first-order chi connectivity index (χ1) is 14.1. The van der Waals surface area contributed by atoms with Crippen LogP contribution >= 0.6 is 0 Å². The number of carbonyl (C=O) groups is 2. The zero-order valence-corrected chi connectivity index (χ0v) is 17.3. The van der Waals surface area contributed by atoms with Crippen LogP contribution in [0, 0.1) is 11.6 Å². The highest BCUT2D eigenvalue weighted by Crippen LogP contribution is 2.29. The molecule has 2 rings (SSSR count). The van der Waals surface area contributed by atoms with E-state index in [9.17, 15) is 26.8 Å². The Morgan fingerprint density at radius 3 is 2.40 bits per heavy atom. The second-order valence-corrected chi connectivity index (χ2v) is 8.36. The van der Waals surface area contributed by atoms with Crippen LogP contribution in [0.25, 0.3) is 0 Å². The first-order valence-corrected chi connectivity index (χ1v) is 10.2. The molecule has 2 amide bonds. The van der Waals surface area contributed by atoms with Gasteiger partial charge in [-0.05, 0) is 37.3 Å². The summed E-state index contributed by atoms with van der Waals surface area (Å²) in [7, 11) is -1.12. The molecule has 0 saturated heterocycles. The summed E-state index contributed by atoms with van der Waals surface area (Å²) in [5.74, 6) is -3.34. The van der Waals surface area contributed by atoms with Crippen LogP contribution in [0.2, 0.25) is 0 Å². The van der Waals surface area contributed by atoms with E-state index in [1.807, 2.05) is 0 Å². The van der Waals surface area contributed by atoms with Crippen molar-refractivity contribution in [1.29, 1.82) is 0 Å². The van der Waals surface area contributed by atoms with Crippen molar-refractivity contribution in [3.05, 3.63) is 53.6 Å². The van der Waals surface area contributed by atoms with Crippen molar-refractivity contribution < 1.29 is 31.5 Å². The number of rotatable bonds is 8. The Morgan fingerprint density at radius 1 is 1.10 bits per heavy atom. The molecule has 2 aromatic carbocycles. The topological polar surface area (TPSA) is 105 Å². The maximum atomic E-state index is 13.6. The number of sulfonamides is 1. The van der Waals surface area contributed by atoms with E-state index >= 15 is 0 Å². The number of hydrogen-bond donors (Lipinski definition) is 2. The zero-order valence-electron chi connectivity index (χ0n) is 16.5. The molecule has 2 N–H and O–H groups in total. The van der Waals surface area contributed by atoms with Gasteiger partial charge in [-0.25, -0.2) is 21.5 Å². The molecule has 0 fully saturated rings. The van der Waals surface area contributed by atoms with E-state index in [1.54, 1.807) is 6.92 Å². The highest BCUT2D eigenvalue weighted by atomic mass is 32.2. The van der Waals surface area contributed by atoms with Crippen molar-refractivity contribution in [3.8, 4) is 5.75 Å². The summed E-state index contributed by atoms with van der Waals surface area (Å²) in [5, 5.41) is 4.66. The molecule has 30 heavy (non-hydrogen) atoms. The van der Waals surface area contributed by atoms with Gasteiger partial charge in [-0.3, -0.25) is 9.59 Å². The fourth-order valence-corrected chi connectivity index (χ4v) is 3.44. The summed E-state index contributed by atoms with van der Waals surface area (Å²) in [5.41, 5.74) is -0.254. The molecule has 0 atom stereocenters. The smallest absolute Gasteiger partial charge is 0.254 e. The van der Waals surface area contributed by atoms with Gasteiger partial charge in [0.05, 0.1) is 18.7 Å². The van der Waals surface area contributed by atoms with E-state index in [2.05, 4.69) is 10.6 Å². The molecule has 0 aliphatic carbocycles. The van der Waals surface area contributed by atoms with E-state index in [0.717, 1.165) is 16.4 Å². The van der Waals surface area contributed by atoms with Gasteiger partial charge >= 0.3 is 0 Å². The van der Waals surface area contributed by atoms with E-state index in [-0.39, 0.29) is 22.9 Å². The second-order valence-electron chi connectivity index (χ2n) is 6.24. The fraction of sp³-hybridized carbons (Fsp3) is 0.263. The Bertz CT molecular complexity index is 1060. The van der Waals surface area contributed by atoms with Crippen LogP contribution < -0.4 is 15.4 Å². The van der Waals surface area contributed by atoms with E-state index in [1.165, 1.54) is 32.3 Å². The van der Waals surface area contributed by atoms with E-state index in [4.69, 9.17) is 4.74 Å². The number of amides is 2. The van der Waals surface area contributed by atoms with Gasteiger partial charge < -0.3 is 15.4 Å². The van der Waals surface area contributed by atoms with Crippen LogP contribution in [-0.4, -0.2) is 51.8 Å². The molecule has 0 aromatic heterocycles. The van der Waals surface area contributed by atoms with Gasteiger partial charge in [0.25, 0.3) is 5.91 Å². The Balaban J connectivity index is 2.12. The Labute approximate surface area is 172 Å². The number of anilines is 1. The summed E-state index contributed by atoms with van der Waals surface area (Å²) >= 11 is 0. The van der Waals surface area contributed by atoms with Crippen LogP contribution in [0.4, 0.5) is 14.5 Å². The minimum Gasteiger partial charge on any atom is -0.492 e. The molecular weight excluding hydrogens is 420 g/mol. The number of nitrogens with zero attached hydrogens (tertiary/aromatic N) is 1. The lowest BCUT2D eigenvalue weighted by Crippen LogP contribution is -2.33. The summed E-state index contributed by atoms with van der Waals surface area (Å²) in [6.45, 7) is 1.43. The molecule has 8 nitrogen and oxygen atoms in total. The molecular formula is C19H21F2N3O5S. The van der Waals surface area contributed by atoms with Gasteiger partial charge in [0.1, 0.15) is 22.3 Å². The molecule has 2 aromatic rings. The summed E-state index contributed by atoms with van der Waals surface area (Å²) in [6, 6.07) is 6.52. The molecule has 0 heterocycles. The summed E-state index contributed by atoms with van der Waals surface area (Å²) in [6.07, 6.45) is 0. The monoisotopic (exact) mass is 441 g/mol. The number of hydrogen-bond acceptors (Lipinski definition) is 5. The van der Waals surface area contributed by atoms with Crippen molar-refractivity contribution in [3.63, 3.8) is 0 Å². The first kappa shape index (κ1) is 23.2. The lowest BCUT2D eigenvalue weighted by Gasteiger charge is -2.16. The van der Waals surface area contributed by atoms with Gasteiger partial charge in [0, 0.05) is 25.8 Å². The fourth-order valence-electron chi connectivity index (χ4n) is 2.39. The summed E-state index contributed by atoms with van der Waals surface area (Å²) < 4.78 is 57.9. The van der Waals surface area contributed by atoms with Crippen LogP contribution in [0.3, 0.4) is 0 Å². The largest absolute Gasteiger partial charge is 0.492 e. The minimum absolute atomic E-state index is 0.129. The van der Waals surface area contributed by atoms with Crippen LogP contribution in [-0.2, 0) is 14.8 Å². The van der Waals surface area contributed by atoms with E-state index in [0.29, 0.717) is 6.07 Å². The number of benzene rings is 2. The molecule has 0 aliphatic heterocycles. The van der Waals surface area contributed by atoms with Gasteiger partial charge in [-0.2, -0.15) is 0 Å². The number of carbonyl (C=O) groups excluding carboxylic acids is 2. The molecule has 11 heteroatoms.